The van der Waals surface area contributed by atoms with Crippen LogP contribution in [0.2, 0.25) is 0 Å². The Morgan fingerprint density at radius 1 is 1.02 bits per heavy atom. The van der Waals surface area contributed by atoms with Crippen LogP contribution in [-0.2, 0) is 53.0 Å². The van der Waals surface area contributed by atoms with E-state index in [0.717, 1.165) is 24.8 Å². The number of carboxylic acid groups (broad SMARTS) is 1. The third kappa shape index (κ3) is 9.55. The summed E-state index contributed by atoms with van der Waals surface area (Å²) in [6, 6.07) is 0. The van der Waals surface area contributed by atoms with Crippen LogP contribution in [0.1, 0.15) is 72.1 Å². The van der Waals surface area contributed by atoms with Gasteiger partial charge in [0.05, 0.1) is 24.7 Å². The van der Waals surface area contributed by atoms with Crippen LogP contribution in [0.25, 0.3) is 0 Å². The Labute approximate surface area is 377 Å². The van der Waals surface area contributed by atoms with E-state index in [4.69, 9.17) is 14.2 Å². The predicted octanol–water partition coefficient (Wildman–Crippen LogP) is -5.01. The fourth-order valence-corrected chi connectivity index (χ4v) is 10.8. The molecule has 4 aliphatic carbocycles. The molecule has 1 spiro atoms. The standard InChI is InChI=1S/C30H46O16S2.2K/c1-14(2)9-22(32)44-25-24(46-48(39,40)41)23(45-47(36,37)38)20(13-31)43-28(25)42-17-10-18(27(34)35)19-7-8-30-11-16(15(3)26(30)33)5-6-21(30)29(19,4)12-17;;/h14,16-21,23-26,28,31,33H,3,5-13H2,1-2,4H3,(H,34,35)(H,36,37,38)(H,39,40,41);;/q;2*+1/p-2/t16-,17-,18-,19-,20-,21+,23-,24+,25-,26-,28-,29-,30-;;/m1../s1. The Kier molecular flexibility index (Phi) is 15.9. The predicted molar refractivity (Wildman–Crippen MR) is 159 cm³/mol. The zero-order valence-electron chi connectivity index (χ0n) is 29.0. The molecule has 0 radical (unpaired) electrons. The molecule has 0 unspecified atom stereocenters. The van der Waals surface area contributed by atoms with Crippen molar-refractivity contribution in [1.29, 1.82) is 0 Å². The molecule has 0 aromatic carbocycles. The van der Waals surface area contributed by atoms with Crippen LogP contribution in [0, 0.1) is 40.4 Å². The molecule has 0 aromatic rings. The number of fused-ring (bicyclic) bond motifs is 3. The van der Waals surface area contributed by atoms with E-state index in [9.17, 15) is 50.8 Å². The van der Waals surface area contributed by atoms with Crippen LogP contribution in [-0.4, -0.2) is 103 Å². The second kappa shape index (κ2) is 17.4. The molecule has 1 aliphatic heterocycles. The van der Waals surface area contributed by atoms with Crippen LogP contribution >= 0.6 is 0 Å². The summed E-state index contributed by atoms with van der Waals surface area (Å²) in [6.07, 6.45) is -8.49. The second-order valence-electron chi connectivity index (χ2n) is 14.8. The maximum Gasteiger partial charge on any atom is 1.00 e. The Hall–Kier alpha value is 1.53. The molecule has 5 fully saturated rings. The molecule has 0 amide bonds. The normalized spacial score (nSPS) is 41.3. The van der Waals surface area contributed by atoms with Crippen molar-refractivity contribution in [3.05, 3.63) is 12.2 Å². The molecule has 1 saturated heterocycles. The molecule has 4 saturated carbocycles. The van der Waals surface area contributed by atoms with Gasteiger partial charge in [-0.05, 0) is 79.6 Å². The van der Waals surface area contributed by atoms with Gasteiger partial charge in [-0.25, -0.2) is 16.8 Å². The quantitative estimate of drug-likeness (QED) is 0.0442. The molecular weight excluding hydrogens is 759 g/mol. The van der Waals surface area contributed by atoms with Gasteiger partial charge in [-0.3, -0.25) is 18.0 Å². The topological polar surface area (TPSA) is 255 Å². The van der Waals surface area contributed by atoms with Crippen molar-refractivity contribution in [2.75, 3.05) is 6.61 Å². The van der Waals surface area contributed by atoms with Gasteiger partial charge in [-0.1, -0.05) is 27.4 Å². The van der Waals surface area contributed by atoms with Gasteiger partial charge in [0, 0.05) is 11.8 Å². The Bertz CT molecular complexity index is 1490. The van der Waals surface area contributed by atoms with Crippen LogP contribution in [0.4, 0.5) is 0 Å². The van der Waals surface area contributed by atoms with Crippen LogP contribution in [0.15, 0.2) is 12.2 Å². The van der Waals surface area contributed by atoms with Gasteiger partial charge < -0.3 is 38.6 Å². The largest absolute Gasteiger partial charge is 1.00 e. The minimum atomic E-state index is -5.69. The zero-order valence-corrected chi connectivity index (χ0v) is 36.8. The van der Waals surface area contributed by atoms with E-state index in [0.29, 0.717) is 12.8 Å². The summed E-state index contributed by atoms with van der Waals surface area (Å²) in [5.41, 5.74) is -0.359. The molecule has 50 heavy (non-hydrogen) atoms. The summed E-state index contributed by atoms with van der Waals surface area (Å²) in [6.45, 7) is 8.41. The number of aliphatic carboxylic acids is 1. The van der Waals surface area contributed by atoms with E-state index in [1.54, 1.807) is 13.8 Å². The molecule has 13 atom stereocenters. The SMILES string of the molecule is C=C1[C@@H]2CC[C@H]3[C@]4(C)C[C@H](O[C@@H]5O[C@H](CO)[C@@H](OS(=O)(=O)[O-])[C@H](OS(=O)(=O)[O-])[C@H]5OC(=O)CC(C)C)C[C@@H](C(=O)O)[C@H]4CC[C@]3(C2)[C@@H]1O.[K+].[K+]. The molecule has 0 aromatic heterocycles. The Balaban J connectivity index is 0.00000338. The van der Waals surface area contributed by atoms with Crippen molar-refractivity contribution in [3.63, 3.8) is 0 Å². The first-order valence-corrected chi connectivity index (χ1v) is 18.8. The Morgan fingerprint density at radius 2 is 1.64 bits per heavy atom. The number of carbonyl (C=O) groups is 2. The monoisotopic (exact) mass is 802 g/mol. The van der Waals surface area contributed by atoms with Gasteiger partial charge in [-0.2, -0.15) is 0 Å². The fourth-order valence-electron chi connectivity index (χ4n) is 9.81. The number of esters is 1. The third-order valence-electron chi connectivity index (χ3n) is 11.5. The van der Waals surface area contributed by atoms with E-state index in [1.165, 1.54) is 0 Å². The van der Waals surface area contributed by atoms with Crippen molar-refractivity contribution in [3.8, 4) is 0 Å². The summed E-state index contributed by atoms with van der Waals surface area (Å²) in [5.74, 6) is -3.38. The number of rotatable bonds is 11. The van der Waals surface area contributed by atoms with Gasteiger partial charge in [0.1, 0.15) is 18.3 Å². The first kappa shape index (κ1) is 45.9. The van der Waals surface area contributed by atoms with Crippen molar-refractivity contribution in [2.45, 2.75) is 115 Å². The molecule has 16 nitrogen and oxygen atoms in total. The van der Waals surface area contributed by atoms with E-state index < -0.39 is 99.0 Å². The fraction of sp³-hybridized carbons (Fsp3) is 0.867. The Morgan fingerprint density at radius 3 is 2.20 bits per heavy atom. The van der Waals surface area contributed by atoms with Crippen LogP contribution < -0.4 is 103 Å². The van der Waals surface area contributed by atoms with Crippen LogP contribution in [0.5, 0.6) is 0 Å². The average molecular weight is 803 g/mol. The molecule has 3 N–H and O–H groups in total. The van der Waals surface area contributed by atoms with E-state index in [2.05, 4.69) is 14.9 Å². The molecular formula is C30H44K2O16S2. The number of hydrogen-bond acceptors (Lipinski definition) is 15. The third-order valence-corrected chi connectivity index (χ3v) is 12.4. The minimum absolute atomic E-state index is 0. The van der Waals surface area contributed by atoms with E-state index >= 15 is 0 Å². The van der Waals surface area contributed by atoms with E-state index in [-0.39, 0.29) is 146 Å². The molecule has 2 bridgehead atoms. The number of carboxylic acids is 1. The van der Waals surface area contributed by atoms with Crippen LogP contribution in [0.3, 0.4) is 0 Å². The maximum absolute atomic E-state index is 12.9. The minimum Gasteiger partial charge on any atom is -0.726 e. The van der Waals surface area contributed by atoms with Crippen molar-refractivity contribution in [1.82, 2.24) is 0 Å². The first-order chi connectivity index (χ1) is 22.2. The molecule has 274 valence electrons. The van der Waals surface area contributed by atoms with Crippen molar-refractivity contribution >= 4 is 32.7 Å². The van der Waals surface area contributed by atoms with Gasteiger partial charge in [0.25, 0.3) is 0 Å². The van der Waals surface area contributed by atoms with Gasteiger partial charge in [0.15, 0.2) is 12.4 Å². The number of aliphatic hydroxyl groups excluding tert-OH is 2. The number of aliphatic hydroxyl groups is 2. The molecule has 1 heterocycles. The number of carbonyl (C=O) groups excluding carboxylic acids is 1. The summed E-state index contributed by atoms with van der Waals surface area (Å²) in [4.78, 5) is 25.6. The molecule has 20 heteroatoms. The summed E-state index contributed by atoms with van der Waals surface area (Å²) in [5, 5.41) is 31.9. The molecule has 5 rings (SSSR count). The van der Waals surface area contributed by atoms with Gasteiger partial charge >= 0.3 is 115 Å². The smallest absolute Gasteiger partial charge is 0.726 e. The summed E-state index contributed by atoms with van der Waals surface area (Å²) >= 11 is 0. The van der Waals surface area contributed by atoms with E-state index in [1.807, 2.05) is 6.92 Å². The van der Waals surface area contributed by atoms with Gasteiger partial charge in [0.2, 0.25) is 20.8 Å². The van der Waals surface area contributed by atoms with Gasteiger partial charge in [-0.15, -0.1) is 0 Å². The maximum atomic E-state index is 12.9. The second-order valence-corrected chi connectivity index (χ2v) is 16.8. The molecule has 5 aliphatic rings. The summed E-state index contributed by atoms with van der Waals surface area (Å²) < 4.78 is 96.9. The zero-order chi connectivity index (χ0) is 35.6. The van der Waals surface area contributed by atoms with Crippen molar-refractivity contribution < 1.29 is 176 Å². The number of hydrogen-bond donors (Lipinski definition) is 3. The first-order valence-electron chi connectivity index (χ1n) is 16.2. The average Bonchev–Trinajstić information content (AvgIpc) is 3.12. The number of ether oxygens (including phenoxy) is 3. The van der Waals surface area contributed by atoms with Crippen molar-refractivity contribution in [2.24, 2.45) is 40.4 Å². The summed E-state index contributed by atoms with van der Waals surface area (Å²) in [7, 11) is -11.3.